The summed E-state index contributed by atoms with van der Waals surface area (Å²) in [6, 6.07) is 8.15. The van der Waals surface area contributed by atoms with E-state index in [4.69, 9.17) is 11.6 Å². The summed E-state index contributed by atoms with van der Waals surface area (Å²) in [6.45, 7) is 0.501. The van der Waals surface area contributed by atoms with E-state index in [2.05, 4.69) is 10.2 Å². The minimum Gasteiger partial charge on any atom is -0.480 e. The van der Waals surface area contributed by atoms with Crippen LogP contribution in [0.4, 0.5) is 0 Å². The summed E-state index contributed by atoms with van der Waals surface area (Å²) in [5.41, 5.74) is 1.59. The molecule has 1 saturated carbocycles. The zero-order valence-corrected chi connectivity index (χ0v) is 14.2. The van der Waals surface area contributed by atoms with Crippen molar-refractivity contribution in [2.24, 2.45) is 11.8 Å². The molecule has 2 fully saturated rings. The first-order chi connectivity index (χ1) is 12.1. The van der Waals surface area contributed by atoms with Crippen LogP contribution in [0.3, 0.4) is 0 Å². The van der Waals surface area contributed by atoms with Crippen molar-refractivity contribution in [3.63, 3.8) is 0 Å². The molecule has 0 spiro atoms. The zero-order chi connectivity index (χ0) is 17.6. The number of nitrogens with zero attached hydrogens (tertiary/aromatic N) is 2. The molecule has 1 saturated heterocycles. The van der Waals surface area contributed by atoms with Gasteiger partial charge in [0.2, 0.25) is 0 Å². The molecule has 2 heterocycles. The molecule has 0 radical (unpaired) electrons. The van der Waals surface area contributed by atoms with Crippen LogP contribution in [-0.4, -0.2) is 44.7 Å². The van der Waals surface area contributed by atoms with Crippen LogP contribution < -0.4 is 0 Å². The van der Waals surface area contributed by atoms with Crippen molar-refractivity contribution < 1.29 is 14.7 Å². The van der Waals surface area contributed by atoms with E-state index >= 15 is 0 Å². The number of nitrogens with one attached hydrogen (secondary N) is 1. The maximum Gasteiger partial charge on any atom is 0.326 e. The van der Waals surface area contributed by atoms with Crippen molar-refractivity contribution in [3.8, 4) is 11.3 Å². The van der Waals surface area contributed by atoms with Gasteiger partial charge in [0.05, 0.1) is 10.7 Å². The van der Waals surface area contributed by atoms with Gasteiger partial charge in [0.25, 0.3) is 5.91 Å². The maximum absolute atomic E-state index is 12.9. The van der Waals surface area contributed by atoms with Gasteiger partial charge in [-0.1, -0.05) is 36.2 Å². The van der Waals surface area contributed by atoms with Crippen LogP contribution in [0.1, 0.15) is 29.8 Å². The molecule has 1 aliphatic carbocycles. The number of halogens is 1. The fourth-order valence-corrected chi connectivity index (χ4v) is 4.46. The number of benzene rings is 1. The van der Waals surface area contributed by atoms with Gasteiger partial charge in [-0.2, -0.15) is 5.10 Å². The fourth-order valence-electron chi connectivity index (χ4n) is 4.22. The molecule has 4 rings (SSSR count). The molecule has 1 amide bonds. The Hall–Kier alpha value is -2.34. The second-order valence-electron chi connectivity index (χ2n) is 6.74. The minimum atomic E-state index is -0.923. The first-order valence-corrected chi connectivity index (χ1v) is 8.78. The summed E-state index contributed by atoms with van der Waals surface area (Å²) in [6.07, 6.45) is 2.91. The topological polar surface area (TPSA) is 86.3 Å². The molecule has 1 aliphatic heterocycles. The quantitative estimate of drug-likeness (QED) is 0.881. The molecule has 130 valence electrons. The number of carbonyl (C=O) groups excluding carboxylic acids is 1. The summed E-state index contributed by atoms with van der Waals surface area (Å²) in [5.74, 6) is -0.885. The van der Waals surface area contributed by atoms with Gasteiger partial charge in [-0.15, -0.1) is 0 Å². The Labute approximate surface area is 149 Å². The first-order valence-electron chi connectivity index (χ1n) is 8.40. The van der Waals surface area contributed by atoms with E-state index in [0.29, 0.717) is 23.0 Å². The van der Waals surface area contributed by atoms with Crippen LogP contribution in [-0.2, 0) is 4.79 Å². The zero-order valence-electron chi connectivity index (χ0n) is 13.5. The summed E-state index contributed by atoms with van der Waals surface area (Å²) in [4.78, 5) is 26.1. The number of carboxylic acid groups (broad SMARTS) is 1. The Balaban J connectivity index is 1.61. The summed E-state index contributed by atoms with van der Waals surface area (Å²) >= 11 is 6.18. The molecule has 1 aromatic heterocycles. The summed E-state index contributed by atoms with van der Waals surface area (Å²) in [7, 11) is 0. The van der Waals surface area contributed by atoms with Crippen LogP contribution >= 0.6 is 11.6 Å². The minimum absolute atomic E-state index is 0.0624. The molecule has 3 unspecified atom stereocenters. The summed E-state index contributed by atoms with van der Waals surface area (Å²) < 4.78 is 0. The average Bonchev–Trinajstić information content (AvgIpc) is 3.29. The monoisotopic (exact) mass is 359 g/mol. The number of rotatable bonds is 3. The van der Waals surface area contributed by atoms with Crippen molar-refractivity contribution in [1.29, 1.82) is 0 Å². The highest BCUT2D eigenvalue weighted by Crippen LogP contribution is 2.42. The number of aromatic nitrogens is 2. The lowest BCUT2D eigenvalue weighted by atomic mass is 9.94. The Morgan fingerprint density at radius 2 is 2.08 bits per heavy atom. The molecule has 3 atom stereocenters. The highest BCUT2D eigenvalue weighted by Gasteiger charge is 2.49. The molecule has 6 nitrogen and oxygen atoms in total. The standard InChI is InChI=1S/C18H18ClN3O3/c19-13-7-2-1-5-12(13)14-8-15(21-20-14)17(23)22-9-10-4-3-6-11(10)16(22)18(24)25/h1-2,5,7-8,10-11,16H,3-4,6,9H2,(H,20,21)(H,24,25). The molecule has 2 N–H and O–H groups in total. The number of hydrogen-bond acceptors (Lipinski definition) is 3. The van der Waals surface area contributed by atoms with Crippen LogP contribution in [0, 0.1) is 11.8 Å². The third-order valence-corrected chi connectivity index (χ3v) is 5.69. The van der Waals surface area contributed by atoms with Crippen LogP contribution in [0.5, 0.6) is 0 Å². The van der Waals surface area contributed by atoms with Gasteiger partial charge in [0, 0.05) is 12.1 Å². The van der Waals surface area contributed by atoms with E-state index in [1.807, 2.05) is 18.2 Å². The number of carboxylic acids is 1. The maximum atomic E-state index is 12.9. The Kier molecular flexibility index (Phi) is 4.00. The fraction of sp³-hybridized carbons (Fsp3) is 0.389. The van der Waals surface area contributed by atoms with E-state index in [9.17, 15) is 14.7 Å². The van der Waals surface area contributed by atoms with Crippen LogP contribution in [0.25, 0.3) is 11.3 Å². The molecular weight excluding hydrogens is 342 g/mol. The SMILES string of the molecule is O=C(O)C1C2CCCC2CN1C(=O)c1cc(-c2ccccc2Cl)n[nH]1. The largest absolute Gasteiger partial charge is 0.480 e. The summed E-state index contributed by atoms with van der Waals surface area (Å²) in [5, 5.41) is 17.1. The Bertz CT molecular complexity index is 834. The van der Waals surface area contributed by atoms with Crippen molar-refractivity contribution in [3.05, 3.63) is 41.0 Å². The van der Waals surface area contributed by atoms with Crippen molar-refractivity contribution in [2.75, 3.05) is 6.54 Å². The van der Waals surface area contributed by atoms with Crippen molar-refractivity contribution in [1.82, 2.24) is 15.1 Å². The number of fused-ring (bicyclic) bond motifs is 1. The highest BCUT2D eigenvalue weighted by molar-refractivity contribution is 6.33. The Morgan fingerprint density at radius 3 is 2.84 bits per heavy atom. The third-order valence-electron chi connectivity index (χ3n) is 5.36. The number of aromatic amines is 1. The molecule has 0 bridgehead atoms. The molecule has 2 aliphatic rings. The van der Waals surface area contributed by atoms with Crippen molar-refractivity contribution in [2.45, 2.75) is 25.3 Å². The number of aliphatic carboxylic acids is 1. The second-order valence-corrected chi connectivity index (χ2v) is 7.15. The van der Waals surface area contributed by atoms with E-state index in [1.165, 1.54) is 4.90 Å². The number of hydrogen-bond donors (Lipinski definition) is 2. The van der Waals surface area contributed by atoms with Gasteiger partial charge in [-0.25, -0.2) is 4.79 Å². The molecule has 25 heavy (non-hydrogen) atoms. The van der Waals surface area contributed by atoms with E-state index < -0.39 is 12.0 Å². The highest BCUT2D eigenvalue weighted by atomic mass is 35.5. The molecule has 2 aromatic rings. The predicted octanol–water partition coefficient (Wildman–Crippen LogP) is 3.06. The first kappa shape index (κ1) is 16.1. The third kappa shape index (κ3) is 2.70. The molecular formula is C18H18ClN3O3. The average molecular weight is 360 g/mol. The van der Waals surface area contributed by atoms with E-state index in [0.717, 1.165) is 24.8 Å². The van der Waals surface area contributed by atoms with Gasteiger partial charge < -0.3 is 10.0 Å². The second kappa shape index (κ2) is 6.19. The normalized spacial score (nSPS) is 25.2. The van der Waals surface area contributed by atoms with Crippen LogP contribution in [0.15, 0.2) is 30.3 Å². The smallest absolute Gasteiger partial charge is 0.326 e. The number of amides is 1. The van der Waals surface area contributed by atoms with Crippen molar-refractivity contribution >= 4 is 23.5 Å². The van der Waals surface area contributed by atoms with Gasteiger partial charge >= 0.3 is 5.97 Å². The lowest BCUT2D eigenvalue weighted by Gasteiger charge is -2.23. The lowest BCUT2D eigenvalue weighted by molar-refractivity contribution is -0.142. The lowest BCUT2D eigenvalue weighted by Crippen LogP contribution is -2.43. The Morgan fingerprint density at radius 1 is 1.28 bits per heavy atom. The number of H-pyrrole nitrogens is 1. The molecule has 7 heteroatoms. The predicted molar refractivity (Wildman–Crippen MR) is 92.3 cm³/mol. The van der Waals surface area contributed by atoms with Gasteiger partial charge in [0.15, 0.2) is 0 Å². The number of carbonyl (C=O) groups is 2. The van der Waals surface area contributed by atoms with E-state index in [1.54, 1.807) is 12.1 Å². The van der Waals surface area contributed by atoms with Gasteiger partial charge in [-0.05, 0) is 36.8 Å². The van der Waals surface area contributed by atoms with E-state index in [-0.39, 0.29) is 17.7 Å². The molecule has 1 aromatic carbocycles. The van der Waals surface area contributed by atoms with Crippen LogP contribution in [0.2, 0.25) is 5.02 Å². The number of likely N-dealkylation sites (tertiary alicyclic amines) is 1. The van der Waals surface area contributed by atoms with Gasteiger partial charge in [0.1, 0.15) is 11.7 Å². The van der Waals surface area contributed by atoms with Gasteiger partial charge in [-0.3, -0.25) is 9.89 Å².